The fourth-order valence-corrected chi connectivity index (χ4v) is 2.04. The third-order valence-corrected chi connectivity index (χ3v) is 3.14. The predicted molar refractivity (Wildman–Crippen MR) is 59.4 cm³/mol. The van der Waals surface area contributed by atoms with Crippen LogP contribution in [0.2, 0.25) is 0 Å². The lowest BCUT2D eigenvalue weighted by molar-refractivity contribution is -0.140. The molecule has 2 unspecified atom stereocenters. The second-order valence-corrected chi connectivity index (χ2v) is 4.39. The molecule has 0 aromatic heterocycles. The van der Waals surface area contributed by atoms with Gasteiger partial charge in [-0.2, -0.15) is 0 Å². The van der Waals surface area contributed by atoms with Gasteiger partial charge in [-0.15, -0.1) is 0 Å². The van der Waals surface area contributed by atoms with Gasteiger partial charge in [0.25, 0.3) is 0 Å². The Morgan fingerprint density at radius 2 is 2.40 bits per heavy atom. The van der Waals surface area contributed by atoms with E-state index in [2.05, 4.69) is 16.6 Å². The minimum atomic E-state index is -0.113. The van der Waals surface area contributed by atoms with Gasteiger partial charge in [-0.05, 0) is 38.8 Å². The van der Waals surface area contributed by atoms with Crippen molar-refractivity contribution in [2.24, 2.45) is 11.7 Å². The van der Waals surface area contributed by atoms with E-state index in [9.17, 15) is 4.79 Å². The molecular formula is C11H22N2O2. The molecule has 2 N–H and O–H groups in total. The van der Waals surface area contributed by atoms with Crippen LogP contribution in [0.1, 0.15) is 26.2 Å². The molecule has 2 atom stereocenters. The number of rotatable bonds is 5. The highest BCUT2D eigenvalue weighted by Crippen LogP contribution is 2.18. The van der Waals surface area contributed by atoms with Gasteiger partial charge < -0.3 is 15.4 Å². The molecule has 4 nitrogen and oxygen atoms in total. The summed E-state index contributed by atoms with van der Waals surface area (Å²) in [6.07, 6.45) is 2.60. The first kappa shape index (κ1) is 12.5. The van der Waals surface area contributed by atoms with Crippen molar-refractivity contribution >= 4 is 5.97 Å². The molecule has 1 aliphatic heterocycles. The number of hydrogen-bond acceptors (Lipinski definition) is 4. The Morgan fingerprint density at radius 3 is 2.93 bits per heavy atom. The van der Waals surface area contributed by atoms with E-state index in [1.165, 1.54) is 13.5 Å². The lowest BCUT2D eigenvalue weighted by atomic mass is 10.0. The minimum Gasteiger partial charge on any atom is -0.469 e. The van der Waals surface area contributed by atoms with Gasteiger partial charge in [-0.1, -0.05) is 0 Å². The van der Waals surface area contributed by atoms with E-state index >= 15 is 0 Å². The average Bonchev–Trinajstić information content (AvgIpc) is 2.66. The van der Waals surface area contributed by atoms with Gasteiger partial charge in [0.15, 0.2) is 0 Å². The van der Waals surface area contributed by atoms with Crippen molar-refractivity contribution < 1.29 is 9.53 Å². The van der Waals surface area contributed by atoms with Crippen molar-refractivity contribution in [1.82, 2.24) is 4.90 Å². The number of carbonyl (C=O) groups excluding carboxylic acids is 1. The molecule has 1 rings (SSSR count). The van der Waals surface area contributed by atoms with Crippen molar-refractivity contribution in [3.63, 3.8) is 0 Å². The molecule has 0 aromatic rings. The van der Waals surface area contributed by atoms with Crippen LogP contribution >= 0.6 is 0 Å². The Balaban J connectivity index is 2.11. The van der Waals surface area contributed by atoms with Crippen molar-refractivity contribution in [2.45, 2.75) is 32.2 Å². The molecule has 4 heteroatoms. The first-order valence-electron chi connectivity index (χ1n) is 5.68. The van der Waals surface area contributed by atoms with Gasteiger partial charge in [0.1, 0.15) is 0 Å². The SMILES string of the molecule is COC(=O)CCCN1CCC(C(C)N)C1. The fourth-order valence-electron chi connectivity index (χ4n) is 2.04. The van der Waals surface area contributed by atoms with Crippen molar-refractivity contribution in [1.29, 1.82) is 0 Å². The third-order valence-electron chi connectivity index (χ3n) is 3.14. The lowest BCUT2D eigenvalue weighted by Gasteiger charge is -2.17. The van der Waals surface area contributed by atoms with Gasteiger partial charge in [-0.25, -0.2) is 0 Å². The number of ether oxygens (including phenoxy) is 1. The van der Waals surface area contributed by atoms with E-state index in [-0.39, 0.29) is 12.0 Å². The number of nitrogens with zero attached hydrogens (tertiary/aromatic N) is 1. The second kappa shape index (κ2) is 6.08. The number of hydrogen-bond donors (Lipinski definition) is 1. The maximum Gasteiger partial charge on any atom is 0.305 e. The largest absolute Gasteiger partial charge is 0.469 e. The summed E-state index contributed by atoms with van der Waals surface area (Å²) in [5.41, 5.74) is 5.86. The Hall–Kier alpha value is -0.610. The summed E-state index contributed by atoms with van der Waals surface area (Å²) >= 11 is 0. The molecule has 0 aliphatic carbocycles. The fraction of sp³-hybridized carbons (Fsp3) is 0.909. The molecule has 0 aromatic carbocycles. The average molecular weight is 214 g/mol. The molecule has 1 aliphatic rings. The van der Waals surface area contributed by atoms with Gasteiger partial charge in [0, 0.05) is 19.0 Å². The van der Waals surface area contributed by atoms with Gasteiger partial charge in [0.05, 0.1) is 7.11 Å². The Bertz CT molecular complexity index is 207. The number of esters is 1. The summed E-state index contributed by atoms with van der Waals surface area (Å²) in [7, 11) is 1.43. The molecular weight excluding hydrogens is 192 g/mol. The molecule has 1 fully saturated rings. The van der Waals surface area contributed by atoms with Crippen LogP contribution in [0.25, 0.3) is 0 Å². The summed E-state index contributed by atoms with van der Waals surface area (Å²) in [5, 5.41) is 0. The maximum absolute atomic E-state index is 10.9. The van der Waals surface area contributed by atoms with E-state index in [0.717, 1.165) is 26.1 Å². The van der Waals surface area contributed by atoms with E-state index in [1.54, 1.807) is 0 Å². The van der Waals surface area contributed by atoms with Crippen LogP contribution in [0.15, 0.2) is 0 Å². The molecule has 1 saturated heterocycles. The molecule has 0 radical (unpaired) electrons. The highest BCUT2D eigenvalue weighted by Gasteiger charge is 2.24. The molecule has 0 saturated carbocycles. The first-order chi connectivity index (χ1) is 7.13. The van der Waals surface area contributed by atoms with Crippen LogP contribution in [0.3, 0.4) is 0 Å². The predicted octanol–water partition coefficient (Wildman–Crippen LogP) is 0.609. The number of carbonyl (C=O) groups is 1. The molecule has 1 heterocycles. The summed E-state index contributed by atoms with van der Waals surface area (Å²) in [6.45, 7) is 5.26. The minimum absolute atomic E-state index is 0.113. The smallest absolute Gasteiger partial charge is 0.305 e. The van der Waals surface area contributed by atoms with Crippen LogP contribution in [-0.4, -0.2) is 43.7 Å². The van der Waals surface area contributed by atoms with E-state index < -0.39 is 0 Å². The van der Waals surface area contributed by atoms with Crippen molar-refractivity contribution in [3.05, 3.63) is 0 Å². The zero-order chi connectivity index (χ0) is 11.3. The monoisotopic (exact) mass is 214 g/mol. The quantitative estimate of drug-likeness (QED) is 0.681. The normalized spacial score (nSPS) is 24.1. The maximum atomic E-state index is 10.9. The van der Waals surface area contributed by atoms with Gasteiger partial charge in [-0.3, -0.25) is 4.79 Å². The zero-order valence-corrected chi connectivity index (χ0v) is 9.74. The van der Waals surface area contributed by atoms with Crippen LogP contribution < -0.4 is 5.73 Å². The molecule has 0 spiro atoms. The van der Waals surface area contributed by atoms with Gasteiger partial charge in [0.2, 0.25) is 0 Å². The lowest BCUT2D eigenvalue weighted by Crippen LogP contribution is -2.30. The standard InChI is InChI=1S/C11H22N2O2/c1-9(12)10-5-7-13(8-10)6-3-4-11(14)15-2/h9-10H,3-8,12H2,1-2H3. The van der Waals surface area contributed by atoms with E-state index in [1.807, 2.05) is 0 Å². The first-order valence-corrected chi connectivity index (χ1v) is 5.68. The van der Waals surface area contributed by atoms with Crippen molar-refractivity contribution in [3.8, 4) is 0 Å². The third kappa shape index (κ3) is 4.18. The molecule has 0 amide bonds. The van der Waals surface area contributed by atoms with Crippen molar-refractivity contribution in [2.75, 3.05) is 26.7 Å². The van der Waals surface area contributed by atoms with E-state index in [0.29, 0.717) is 12.3 Å². The highest BCUT2D eigenvalue weighted by atomic mass is 16.5. The topological polar surface area (TPSA) is 55.6 Å². The van der Waals surface area contributed by atoms with E-state index in [4.69, 9.17) is 5.73 Å². The van der Waals surface area contributed by atoms with Crippen LogP contribution in [0.4, 0.5) is 0 Å². The Kier molecular flexibility index (Phi) is 5.05. The van der Waals surface area contributed by atoms with Crippen LogP contribution in [-0.2, 0) is 9.53 Å². The summed E-state index contributed by atoms with van der Waals surface area (Å²) in [4.78, 5) is 13.3. The number of methoxy groups -OCH3 is 1. The summed E-state index contributed by atoms with van der Waals surface area (Å²) in [6, 6.07) is 0.288. The highest BCUT2D eigenvalue weighted by molar-refractivity contribution is 5.69. The number of nitrogens with two attached hydrogens (primary N) is 1. The zero-order valence-electron chi connectivity index (χ0n) is 9.74. The summed E-state index contributed by atoms with van der Waals surface area (Å²) in [5.74, 6) is 0.515. The van der Waals surface area contributed by atoms with Crippen LogP contribution in [0, 0.1) is 5.92 Å². The Labute approximate surface area is 91.8 Å². The number of likely N-dealkylation sites (tertiary alicyclic amines) is 1. The molecule has 0 bridgehead atoms. The second-order valence-electron chi connectivity index (χ2n) is 4.39. The summed E-state index contributed by atoms with van der Waals surface area (Å²) < 4.78 is 4.60. The Morgan fingerprint density at radius 1 is 1.67 bits per heavy atom. The molecule has 88 valence electrons. The molecule has 15 heavy (non-hydrogen) atoms. The van der Waals surface area contributed by atoms with Gasteiger partial charge >= 0.3 is 5.97 Å². The van der Waals surface area contributed by atoms with Crippen LogP contribution in [0.5, 0.6) is 0 Å².